The maximum Gasteiger partial charge on any atom is 0.303 e. The Kier molecular flexibility index (Phi) is 5.16. The van der Waals surface area contributed by atoms with E-state index in [0.29, 0.717) is 11.6 Å². The van der Waals surface area contributed by atoms with Crippen LogP contribution in [0.5, 0.6) is 0 Å². The van der Waals surface area contributed by atoms with Gasteiger partial charge in [-0.1, -0.05) is 18.2 Å². The topological polar surface area (TPSA) is 96.4 Å². The minimum Gasteiger partial charge on any atom is -0.481 e. The number of nitrogens with zero attached hydrogens (tertiary/aromatic N) is 1. The molecule has 0 aliphatic rings. The van der Waals surface area contributed by atoms with Crippen LogP contribution in [0.1, 0.15) is 12.0 Å². The Morgan fingerprint density at radius 3 is 2.56 bits per heavy atom. The highest BCUT2D eigenvalue weighted by molar-refractivity contribution is 7.93. The summed E-state index contributed by atoms with van der Waals surface area (Å²) in [6.45, 7) is 0. The molecule has 0 bridgehead atoms. The number of sulfonamides is 1. The molecule has 130 valence electrons. The quantitative estimate of drug-likeness (QED) is 0.637. The van der Waals surface area contributed by atoms with Gasteiger partial charge in [-0.3, -0.25) is 9.52 Å². The largest absolute Gasteiger partial charge is 0.481 e. The number of carboxylic acid groups (broad SMARTS) is 1. The first-order valence-corrected chi connectivity index (χ1v) is 10.5. The lowest BCUT2D eigenvalue weighted by atomic mass is 10.1. The second-order valence-corrected chi connectivity index (χ2v) is 8.65. The second-order valence-electron chi connectivity index (χ2n) is 5.16. The second kappa shape index (κ2) is 7.34. The number of hydrogen-bond donors (Lipinski definition) is 2. The lowest BCUT2D eigenvalue weighted by Gasteiger charge is -2.06. The van der Waals surface area contributed by atoms with Gasteiger partial charge in [0.1, 0.15) is 0 Å². The maximum atomic E-state index is 12.4. The van der Waals surface area contributed by atoms with E-state index in [1.807, 2.05) is 17.5 Å². The maximum absolute atomic E-state index is 12.4. The number of carboxylic acids is 1. The van der Waals surface area contributed by atoms with Crippen LogP contribution in [0.15, 0.2) is 52.1 Å². The van der Waals surface area contributed by atoms with Crippen molar-refractivity contribution in [2.45, 2.75) is 17.7 Å². The molecule has 0 spiro atoms. The van der Waals surface area contributed by atoms with Crippen molar-refractivity contribution in [3.8, 4) is 10.6 Å². The van der Waals surface area contributed by atoms with E-state index in [4.69, 9.17) is 5.11 Å². The van der Waals surface area contributed by atoms with Crippen molar-refractivity contribution >= 4 is 43.8 Å². The van der Waals surface area contributed by atoms with E-state index < -0.39 is 16.0 Å². The van der Waals surface area contributed by atoms with E-state index in [1.54, 1.807) is 17.5 Å². The van der Waals surface area contributed by atoms with Crippen molar-refractivity contribution in [2.24, 2.45) is 0 Å². The van der Waals surface area contributed by atoms with Gasteiger partial charge in [-0.15, -0.1) is 22.7 Å². The molecule has 3 aromatic rings. The van der Waals surface area contributed by atoms with E-state index in [-0.39, 0.29) is 11.3 Å². The van der Waals surface area contributed by atoms with Gasteiger partial charge in [-0.25, -0.2) is 13.4 Å². The molecule has 0 aliphatic carbocycles. The Morgan fingerprint density at radius 2 is 1.92 bits per heavy atom. The molecule has 0 atom stereocenters. The summed E-state index contributed by atoms with van der Waals surface area (Å²) < 4.78 is 27.4. The molecular formula is C16H14N2O4S3. The fraction of sp³-hybridized carbons (Fsp3) is 0.125. The Morgan fingerprint density at radius 1 is 1.16 bits per heavy atom. The van der Waals surface area contributed by atoms with Crippen LogP contribution >= 0.6 is 22.7 Å². The van der Waals surface area contributed by atoms with Gasteiger partial charge in [0.25, 0.3) is 10.0 Å². The summed E-state index contributed by atoms with van der Waals surface area (Å²) in [5.41, 5.74) is 1.51. The number of nitrogens with one attached hydrogen (secondary N) is 1. The number of aryl methyl sites for hydroxylation is 1. The van der Waals surface area contributed by atoms with Crippen molar-refractivity contribution in [1.29, 1.82) is 0 Å². The third-order valence-corrected chi connectivity index (χ3v) is 6.49. The van der Waals surface area contributed by atoms with Crippen LogP contribution in [0.25, 0.3) is 10.6 Å². The first-order valence-electron chi connectivity index (χ1n) is 7.27. The van der Waals surface area contributed by atoms with Crippen LogP contribution in [0.3, 0.4) is 0 Å². The molecule has 2 aromatic heterocycles. The van der Waals surface area contributed by atoms with Crippen LogP contribution < -0.4 is 4.72 Å². The predicted molar refractivity (Wildman–Crippen MR) is 98.6 cm³/mol. The molecule has 0 saturated heterocycles. The summed E-state index contributed by atoms with van der Waals surface area (Å²) in [6.07, 6.45) is 0.370. The smallest absolute Gasteiger partial charge is 0.303 e. The molecule has 0 radical (unpaired) electrons. The molecule has 3 rings (SSSR count). The minimum atomic E-state index is -3.73. The Bertz CT molecular complexity index is 961. The number of aliphatic carboxylic acids is 1. The number of aromatic nitrogens is 1. The van der Waals surface area contributed by atoms with Gasteiger partial charge < -0.3 is 5.11 Å². The number of carbonyl (C=O) groups is 1. The Hall–Kier alpha value is -2.23. The number of thiazole rings is 1. The molecule has 6 nitrogen and oxygen atoms in total. The zero-order valence-corrected chi connectivity index (χ0v) is 15.3. The highest BCUT2D eigenvalue weighted by Crippen LogP contribution is 2.29. The average molecular weight is 394 g/mol. The van der Waals surface area contributed by atoms with Gasteiger partial charge in [-0.2, -0.15) is 0 Å². The number of rotatable bonds is 7. The van der Waals surface area contributed by atoms with Crippen molar-refractivity contribution in [2.75, 3.05) is 4.72 Å². The van der Waals surface area contributed by atoms with E-state index in [9.17, 15) is 13.2 Å². The first-order chi connectivity index (χ1) is 11.9. The molecule has 0 unspecified atom stereocenters. The van der Waals surface area contributed by atoms with Crippen LogP contribution in [-0.2, 0) is 21.2 Å². The summed E-state index contributed by atoms with van der Waals surface area (Å²) in [7, 11) is -3.73. The number of anilines is 1. The molecular weight excluding hydrogens is 380 g/mol. The van der Waals surface area contributed by atoms with Crippen LogP contribution in [0.2, 0.25) is 0 Å². The van der Waals surface area contributed by atoms with Crippen molar-refractivity contribution < 1.29 is 18.3 Å². The highest BCUT2D eigenvalue weighted by Gasteiger charge is 2.16. The lowest BCUT2D eigenvalue weighted by molar-refractivity contribution is -0.136. The Balaban J connectivity index is 1.72. The third-order valence-electron chi connectivity index (χ3n) is 3.36. The van der Waals surface area contributed by atoms with E-state index in [1.165, 1.54) is 34.8 Å². The SMILES string of the molecule is O=C(O)CCc1ccc(S(=O)(=O)Nc2nc(-c3cccs3)cs2)cc1. The molecule has 1 aromatic carbocycles. The number of benzene rings is 1. The van der Waals surface area contributed by atoms with Gasteiger partial charge in [0.2, 0.25) is 0 Å². The summed E-state index contributed by atoms with van der Waals surface area (Å²) in [6, 6.07) is 10.0. The van der Waals surface area contributed by atoms with Gasteiger partial charge in [0.15, 0.2) is 5.13 Å². The minimum absolute atomic E-state index is 0.00889. The van der Waals surface area contributed by atoms with Crippen molar-refractivity contribution in [3.05, 3.63) is 52.7 Å². The zero-order valence-electron chi connectivity index (χ0n) is 12.9. The third kappa shape index (κ3) is 4.44. The first kappa shape index (κ1) is 17.6. The summed E-state index contributed by atoms with van der Waals surface area (Å²) >= 11 is 2.76. The van der Waals surface area contributed by atoms with Crippen LogP contribution in [0.4, 0.5) is 5.13 Å². The molecule has 2 N–H and O–H groups in total. The highest BCUT2D eigenvalue weighted by atomic mass is 32.2. The van der Waals surface area contributed by atoms with Gasteiger partial charge in [0.05, 0.1) is 15.5 Å². The zero-order chi connectivity index (χ0) is 17.9. The Labute approximate surface area is 152 Å². The summed E-state index contributed by atoms with van der Waals surface area (Å²) in [4.78, 5) is 16.0. The molecule has 9 heteroatoms. The van der Waals surface area contributed by atoms with Crippen molar-refractivity contribution in [1.82, 2.24) is 4.98 Å². The van der Waals surface area contributed by atoms with Gasteiger partial charge >= 0.3 is 5.97 Å². The van der Waals surface area contributed by atoms with Crippen molar-refractivity contribution in [3.63, 3.8) is 0 Å². The fourth-order valence-electron chi connectivity index (χ4n) is 2.12. The molecule has 0 amide bonds. The van der Waals surface area contributed by atoms with Crippen LogP contribution in [0, 0.1) is 0 Å². The van der Waals surface area contributed by atoms with E-state index in [0.717, 1.165) is 16.1 Å². The molecule has 25 heavy (non-hydrogen) atoms. The fourth-order valence-corrected chi connectivity index (χ4v) is 4.84. The standard InChI is InChI=1S/C16H14N2O4S3/c19-15(20)8-5-11-3-6-12(7-4-11)25(21,22)18-16-17-13(10-24-16)14-2-1-9-23-14/h1-4,6-7,9-10H,5,8H2,(H,17,18)(H,19,20). The average Bonchev–Trinajstić information content (AvgIpc) is 3.24. The molecule has 0 saturated carbocycles. The summed E-state index contributed by atoms with van der Waals surface area (Å²) in [5, 5.41) is 12.7. The molecule has 0 fully saturated rings. The number of thiophene rings is 1. The molecule has 2 heterocycles. The normalized spacial score (nSPS) is 11.4. The summed E-state index contributed by atoms with van der Waals surface area (Å²) in [5.74, 6) is -0.885. The predicted octanol–water partition coefficient (Wildman–Crippen LogP) is 3.69. The van der Waals surface area contributed by atoms with E-state index in [2.05, 4.69) is 9.71 Å². The molecule has 0 aliphatic heterocycles. The monoisotopic (exact) mass is 394 g/mol. The van der Waals surface area contributed by atoms with Gasteiger partial charge in [0, 0.05) is 11.8 Å². The lowest BCUT2D eigenvalue weighted by Crippen LogP contribution is -2.12. The van der Waals surface area contributed by atoms with Crippen LogP contribution in [-0.4, -0.2) is 24.5 Å². The number of hydrogen-bond acceptors (Lipinski definition) is 6. The van der Waals surface area contributed by atoms with Gasteiger partial charge in [-0.05, 0) is 35.6 Å². The van der Waals surface area contributed by atoms with E-state index >= 15 is 0 Å².